The summed E-state index contributed by atoms with van der Waals surface area (Å²) in [7, 11) is 0. The van der Waals surface area contributed by atoms with Crippen molar-refractivity contribution in [1.29, 1.82) is 0 Å². The highest BCUT2D eigenvalue weighted by Crippen LogP contribution is 2.31. The predicted molar refractivity (Wildman–Crippen MR) is 97.8 cm³/mol. The third-order valence-corrected chi connectivity index (χ3v) is 4.45. The van der Waals surface area contributed by atoms with Gasteiger partial charge in [-0.3, -0.25) is 9.55 Å². The van der Waals surface area contributed by atoms with Gasteiger partial charge < -0.3 is 4.40 Å². The molecule has 5 aromatic rings. The first-order chi connectivity index (χ1) is 12.3. The summed E-state index contributed by atoms with van der Waals surface area (Å²) in [5.74, 6) is 0.884. The molecule has 0 bridgehead atoms. The second kappa shape index (κ2) is 5.27. The minimum absolute atomic E-state index is 0.856. The Balaban J connectivity index is 1.93. The topological polar surface area (TPSA) is 48.0 Å². The molecule has 5 rings (SSSR count). The van der Waals surface area contributed by atoms with Crippen LogP contribution in [0, 0.1) is 6.92 Å². The van der Waals surface area contributed by atoms with E-state index in [4.69, 9.17) is 4.98 Å². The van der Waals surface area contributed by atoms with Gasteiger partial charge >= 0.3 is 0 Å². The Hall–Kier alpha value is -3.47. The van der Waals surface area contributed by atoms with Crippen LogP contribution in [0.15, 0.2) is 73.4 Å². The molecule has 0 fully saturated rings. The summed E-state index contributed by atoms with van der Waals surface area (Å²) >= 11 is 0. The average Bonchev–Trinajstić information content (AvgIpc) is 3.19. The number of pyridine rings is 1. The Labute approximate surface area is 144 Å². The fraction of sp³-hybridized carbons (Fsp3) is 0.0500. The van der Waals surface area contributed by atoms with Gasteiger partial charge in [0, 0.05) is 42.2 Å². The minimum Gasteiger partial charge on any atom is -0.305 e. The van der Waals surface area contributed by atoms with Gasteiger partial charge in [-0.05, 0) is 36.8 Å². The third-order valence-electron chi connectivity index (χ3n) is 4.45. The van der Waals surface area contributed by atoms with E-state index in [1.807, 2.05) is 47.1 Å². The fourth-order valence-electron chi connectivity index (χ4n) is 3.24. The van der Waals surface area contributed by atoms with Crippen LogP contribution < -0.4 is 0 Å². The molecule has 0 spiro atoms. The molecule has 0 saturated heterocycles. The molecule has 4 heterocycles. The Kier molecular flexibility index (Phi) is 2.94. The van der Waals surface area contributed by atoms with Crippen molar-refractivity contribution in [3.63, 3.8) is 0 Å². The van der Waals surface area contributed by atoms with Crippen molar-refractivity contribution in [3.8, 4) is 17.1 Å². The molecular formula is C20H15N5. The van der Waals surface area contributed by atoms with E-state index in [1.165, 1.54) is 0 Å². The molecule has 5 nitrogen and oxygen atoms in total. The zero-order valence-electron chi connectivity index (χ0n) is 13.7. The van der Waals surface area contributed by atoms with E-state index in [9.17, 15) is 0 Å². The van der Waals surface area contributed by atoms with Crippen molar-refractivity contribution >= 4 is 16.7 Å². The van der Waals surface area contributed by atoms with Crippen LogP contribution in [0.25, 0.3) is 33.8 Å². The molecule has 0 unspecified atom stereocenters. The van der Waals surface area contributed by atoms with Gasteiger partial charge in [0.05, 0.1) is 5.52 Å². The van der Waals surface area contributed by atoms with Crippen LogP contribution in [0.2, 0.25) is 0 Å². The Morgan fingerprint density at radius 3 is 2.68 bits per heavy atom. The van der Waals surface area contributed by atoms with Gasteiger partial charge in [0.25, 0.3) is 0 Å². The maximum atomic E-state index is 4.95. The van der Waals surface area contributed by atoms with E-state index in [-0.39, 0.29) is 0 Å². The number of rotatable bonds is 2. The van der Waals surface area contributed by atoms with Crippen LogP contribution in [0.1, 0.15) is 5.56 Å². The number of nitrogens with zero attached hydrogens (tertiary/aromatic N) is 5. The van der Waals surface area contributed by atoms with Crippen molar-refractivity contribution in [1.82, 2.24) is 23.9 Å². The molecule has 0 radical (unpaired) electrons. The molecule has 1 aromatic carbocycles. The minimum atomic E-state index is 0.856. The molecule has 0 N–H and O–H groups in total. The quantitative estimate of drug-likeness (QED) is 0.492. The van der Waals surface area contributed by atoms with Gasteiger partial charge in [-0.2, -0.15) is 0 Å². The molecule has 5 heteroatoms. The summed E-state index contributed by atoms with van der Waals surface area (Å²) in [6, 6.07) is 14.2. The molecule has 120 valence electrons. The molecule has 0 aliphatic carbocycles. The summed E-state index contributed by atoms with van der Waals surface area (Å²) in [6.45, 7) is 2.08. The van der Waals surface area contributed by atoms with Gasteiger partial charge in [0.1, 0.15) is 11.3 Å². The van der Waals surface area contributed by atoms with E-state index >= 15 is 0 Å². The predicted octanol–water partition coefficient (Wildman–Crippen LogP) is 4.04. The number of hydrogen-bond donors (Lipinski definition) is 0. The normalized spacial score (nSPS) is 11.4. The van der Waals surface area contributed by atoms with Crippen LogP contribution in [0.3, 0.4) is 0 Å². The van der Waals surface area contributed by atoms with Crippen LogP contribution >= 0.6 is 0 Å². The molecule has 0 aliphatic heterocycles. The first kappa shape index (κ1) is 13.9. The highest BCUT2D eigenvalue weighted by atomic mass is 15.1. The molecular weight excluding hydrogens is 310 g/mol. The molecule has 25 heavy (non-hydrogen) atoms. The lowest BCUT2D eigenvalue weighted by Crippen LogP contribution is -1.99. The van der Waals surface area contributed by atoms with Gasteiger partial charge in [0.2, 0.25) is 0 Å². The second-order valence-corrected chi connectivity index (χ2v) is 6.01. The van der Waals surface area contributed by atoms with Crippen LogP contribution in [-0.2, 0) is 0 Å². The smallest absolute Gasteiger partial charge is 0.165 e. The van der Waals surface area contributed by atoms with Gasteiger partial charge in [-0.1, -0.05) is 18.2 Å². The maximum Gasteiger partial charge on any atom is 0.165 e. The van der Waals surface area contributed by atoms with Crippen LogP contribution in [0.4, 0.5) is 0 Å². The lowest BCUT2D eigenvalue weighted by Gasteiger charge is -2.10. The number of aromatic nitrogens is 5. The monoisotopic (exact) mass is 325 g/mol. The van der Waals surface area contributed by atoms with Crippen molar-refractivity contribution in [3.05, 3.63) is 79.0 Å². The summed E-state index contributed by atoms with van der Waals surface area (Å²) < 4.78 is 4.19. The Morgan fingerprint density at radius 2 is 1.84 bits per heavy atom. The van der Waals surface area contributed by atoms with Gasteiger partial charge in [0.15, 0.2) is 5.65 Å². The highest BCUT2D eigenvalue weighted by molar-refractivity contribution is 5.94. The lowest BCUT2D eigenvalue weighted by molar-refractivity contribution is 1.07. The molecule has 0 saturated carbocycles. The largest absolute Gasteiger partial charge is 0.305 e. The highest BCUT2D eigenvalue weighted by Gasteiger charge is 2.19. The van der Waals surface area contributed by atoms with E-state index in [1.54, 1.807) is 12.4 Å². The third kappa shape index (κ3) is 2.06. The molecule has 4 aromatic heterocycles. The second-order valence-electron chi connectivity index (χ2n) is 6.01. The average molecular weight is 325 g/mol. The van der Waals surface area contributed by atoms with E-state index in [0.29, 0.717) is 0 Å². The molecule has 0 aliphatic rings. The number of imidazole rings is 1. The van der Waals surface area contributed by atoms with Crippen molar-refractivity contribution in [2.75, 3.05) is 0 Å². The molecule has 0 amide bonds. The number of benzene rings is 1. The first-order valence-electron chi connectivity index (χ1n) is 8.13. The summed E-state index contributed by atoms with van der Waals surface area (Å²) in [5.41, 5.74) is 6.02. The first-order valence-corrected chi connectivity index (χ1v) is 8.13. The van der Waals surface area contributed by atoms with Crippen molar-refractivity contribution in [2.24, 2.45) is 0 Å². The number of hydrogen-bond acceptors (Lipinski definition) is 3. The standard InChI is InChI=1S/C20H15N5/c1-14-8-10-21-12-16(14)19-23-18-17(13-24-11-5-9-22-20(18)24)25(19)15-6-3-2-4-7-15/h2-13H,1H3. The number of para-hydroxylation sites is 1. The Bertz CT molecular complexity index is 1200. The SMILES string of the molecule is Cc1ccncc1-c1nc2c(cn3cccnc23)n1-c1ccccc1. The van der Waals surface area contributed by atoms with E-state index in [2.05, 4.69) is 39.8 Å². The summed E-state index contributed by atoms with van der Waals surface area (Å²) in [4.78, 5) is 13.8. The fourth-order valence-corrected chi connectivity index (χ4v) is 3.24. The molecule has 0 atom stereocenters. The van der Waals surface area contributed by atoms with Gasteiger partial charge in [-0.25, -0.2) is 9.97 Å². The summed E-state index contributed by atoms with van der Waals surface area (Å²) in [5, 5.41) is 0. The van der Waals surface area contributed by atoms with E-state index in [0.717, 1.165) is 39.3 Å². The zero-order chi connectivity index (χ0) is 16.8. The summed E-state index contributed by atoms with van der Waals surface area (Å²) in [6.07, 6.45) is 9.55. The van der Waals surface area contributed by atoms with Crippen molar-refractivity contribution < 1.29 is 0 Å². The van der Waals surface area contributed by atoms with Gasteiger partial charge in [-0.15, -0.1) is 0 Å². The van der Waals surface area contributed by atoms with Crippen molar-refractivity contribution in [2.45, 2.75) is 6.92 Å². The maximum absolute atomic E-state index is 4.95. The zero-order valence-corrected chi connectivity index (χ0v) is 13.7. The number of fused-ring (bicyclic) bond motifs is 3. The lowest BCUT2D eigenvalue weighted by atomic mass is 10.1. The number of aryl methyl sites for hydroxylation is 1. The Morgan fingerprint density at radius 1 is 0.960 bits per heavy atom. The van der Waals surface area contributed by atoms with E-state index < -0.39 is 0 Å². The van der Waals surface area contributed by atoms with Crippen LogP contribution in [0.5, 0.6) is 0 Å². The van der Waals surface area contributed by atoms with Crippen LogP contribution in [-0.4, -0.2) is 23.9 Å².